The van der Waals surface area contributed by atoms with Crippen molar-refractivity contribution in [3.8, 4) is 5.75 Å². The lowest BCUT2D eigenvalue weighted by Crippen LogP contribution is -2.48. The standard InChI is InChI=1S/C22H26N2O2/c1-24-14-18-7-4-3-6-16(18)11-20(24)22(25)23-13-19-10-15-8-5-9-17(15)12-21(19)26-2/h3-4,6-7,10,12,20H,5,8-9,11,13-14H2,1-2H3,(H,23,25)/t20-/m0/s1. The first-order valence-electron chi connectivity index (χ1n) is 9.39. The maximum Gasteiger partial charge on any atom is 0.237 e. The van der Waals surface area contributed by atoms with Crippen LogP contribution in [0.25, 0.3) is 0 Å². The van der Waals surface area contributed by atoms with Crippen molar-refractivity contribution in [3.05, 3.63) is 64.2 Å². The van der Waals surface area contributed by atoms with Gasteiger partial charge in [0.25, 0.3) is 0 Å². The molecule has 2 aromatic carbocycles. The summed E-state index contributed by atoms with van der Waals surface area (Å²) in [6, 6.07) is 12.6. The molecule has 136 valence electrons. The highest BCUT2D eigenvalue weighted by Crippen LogP contribution is 2.30. The van der Waals surface area contributed by atoms with Gasteiger partial charge >= 0.3 is 0 Å². The summed E-state index contributed by atoms with van der Waals surface area (Å²) in [5.74, 6) is 0.970. The molecule has 0 aromatic heterocycles. The first-order valence-corrected chi connectivity index (χ1v) is 9.39. The summed E-state index contributed by atoms with van der Waals surface area (Å²) < 4.78 is 5.55. The Hall–Kier alpha value is -2.33. The molecule has 0 unspecified atom stereocenters. The number of aryl methyl sites for hydroxylation is 2. The van der Waals surface area contributed by atoms with Crippen LogP contribution in [0.15, 0.2) is 36.4 Å². The lowest BCUT2D eigenvalue weighted by atomic mass is 9.94. The molecular weight excluding hydrogens is 324 g/mol. The van der Waals surface area contributed by atoms with Gasteiger partial charge in [0, 0.05) is 18.7 Å². The van der Waals surface area contributed by atoms with E-state index in [0.717, 1.165) is 37.1 Å². The van der Waals surface area contributed by atoms with Gasteiger partial charge in [0.05, 0.1) is 13.2 Å². The zero-order valence-electron chi connectivity index (χ0n) is 15.5. The Morgan fingerprint density at radius 2 is 1.88 bits per heavy atom. The number of carbonyl (C=O) groups is 1. The summed E-state index contributed by atoms with van der Waals surface area (Å²) in [5.41, 5.74) is 6.46. The second-order valence-electron chi connectivity index (χ2n) is 7.41. The number of nitrogens with one attached hydrogen (secondary N) is 1. The summed E-state index contributed by atoms with van der Waals surface area (Å²) >= 11 is 0. The molecule has 1 heterocycles. The van der Waals surface area contributed by atoms with E-state index in [-0.39, 0.29) is 11.9 Å². The molecule has 2 aliphatic rings. The molecule has 0 saturated carbocycles. The molecule has 1 aliphatic heterocycles. The third kappa shape index (κ3) is 3.21. The third-order valence-electron chi connectivity index (χ3n) is 5.73. The average Bonchev–Trinajstić information content (AvgIpc) is 3.12. The first-order chi connectivity index (χ1) is 12.7. The molecule has 0 radical (unpaired) electrons. The fourth-order valence-electron chi connectivity index (χ4n) is 4.23. The highest BCUT2D eigenvalue weighted by molar-refractivity contribution is 5.82. The van der Waals surface area contributed by atoms with Crippen molar-refractivity contribution in [2.75, 3.05) is 14.2 Å². The Labute approximate surface area is 155 Å². The van der Waals surface area contributed by atoms with Gasteiger partial charge in [-0.15, -0.1) is 0 Å². The number of hydrogen-bond acceptors (Lipinski definition) is 3. The molecule has 26 heavy (non-hydrogen) atoms. The van der Waals surface area contributed by atoms with Crippen LogP contribution < -0.4 is 10.1 Å². The van der Waals surface area contributed by atoms with Gasteiger partial charge in [0.1, 0.15) is 5.75 Å². The van der Waals surface area contributed by atoms with Crippen LogP contribution in [0.1, 0.15) is 34.2 Å². The van der Waals surface area contributed by atoms with E-state index in [0.29, 0.717) is 6.54 Å². The Kier molecular flexibility index (Phi) is 4.68. The highest BCUT2D eigenvalue weighted by Gasteiger charge is 2.29. The summed E-state index contributed by atoms with van der Waals surface area (Å²) in [7, 11) is 3.73. The van der Waals surface area contributed by atoms with E-state index in [2.05, 4.69) is 46.6 Å². The van der Waals surface area contributed by atoms with Gasteiger partial charge < -0.3 is 10.1 Å². The molecule has 4 rings (SSSR count). The molecule has 1 atom stereocenters. The number of fused-ring (bicyclic) bond motifs is 2. The molecule has 2 aromatic rings. The van der Waals surface area contributed by atoms with Crippen LogP contribution in [0.3, 0.4) is 0 Å². The number of methoxy groups -OCH3 is 1. The number of hydrogen-bond donors (Lipinski definition) is 1. The summed E-state index contributed by atoms with van der Waals surface area (Å²) in [6.45, 7) is 1.33. The second-order valence-corrected chi connectivity index (χ2v) is 7.41. The van der Waals surface area contributed by atoms with E-state index < -0.39 is 0 Å². The van der Waals surface area contributed by atoms with Crippen molar-refractivity contribution in [1.82, 2.24) is 10.2 Å². The van der Waals surface area contributed by atoms with Crippen LogP contribution in [0, 0.1) is 0 Å². The Balaban J connectivity index is 1.46. The van der Waals surface area contributed by atoms with Gasteiger partial charge in [0.2, 0.25) is 5.91 Å². The minimum atomic E-state index is -0.120. The van der Waals surface area contributed by atoms with Crippen LogP contribution >= 0.6 is 0 Å². The van der Waals surface area contributed by atoms with Gasteiger partial charge in [-0.1, -0.05) is 30.3 Å². The molecule has 1 N–H and O–H groups in total. The quantitative estimate of drug-likeness (QED) is 0.922. The normalized spacial score (nSPS) is 18.9. The predicted molar refractivity (Wildman–Crippen MR) is 102 cm³/mol. The number of amides is 1. The minimum Gasteiger partial charge on any atom is -0.496 e. The van der Waals surface area contributed by atoms with Crippen LogP contribution in [0.5, 0.6) is 5.75 Å². The van der Waals surface area contributed by atoms with Crippen LogP contribution in [0.4, 0.5) is 0 Å². The predicted octanol–water partition coefficient (Wildman–Crippen LogP) is 2.86. The molecule has 1 aliphatic carbocycles. The Morgan fingerprint density at radius 1 is 1.15 bits per heavy atom. The van der Waals surface area contributed by atoms with Crippen LogP contribution in [-0.4, -0.2) is 31.0 Å². The fraction of sp³-hybridized carbons (Fsp3) is 0.409. The molecule has 1 amide bonds. The monoisotopic (exact) mass is 350 g/mol. The summed E-state index contributed by atoms with van der Waals surface area (Å²) in [5, 5.41) is 3.14. The molecule has 0 saturated heterocycles. The average molecular weight is 350 g/mol. The third-order valence-corrected chi connectivity index (χ3v) is 5.73. The van der Waals surface area contributed by atoms with Crippen molar-refractivity contribution in [2.45, 2.75) is 44.8 Å². The Bertz CT molecular complexity index is 831. The topological polar surface area (TPSA) is 41.6 Å². The van der Waals surface area contributed by atoms with Crippen LogP contribution in [-0.2, 0) is 37.1 Å². The molecule has 0 spiro atoms. The van der Waals surface area contributed by atoms with E-state index in [4.69, 9.17) is 4.74 Å². The maximum atomic E-state index is 12.8. The number of benzene rings is 2. The van der Waals surface area contributed by atoms with Crippen molar-refractivity contribution < 1.29 is 9.53 Å². The van der Waals surface area contributed by atoms with Crippen molar-refractivity contribution in [2.24, 2.45) is 0 Å². The molecule has 0 bridgehead atoms. The van der Waals surface area contributed by atoms with Gasteiger partial charge in [-0.25, -0.2) is 0 Å². The minimum absolute atomic E-state index is 0.0876. The van der Waals surface area contributed by atoms with Crippen molar-refractivity contribution in [1.29, 1.82) is 0 Å². The first kappa shape index (κ1) is 17.1. The maximum absolute atomic E-state index is 12.8. The summed E-state index contributed by atoms with van der Waals surface area (Å²) in [4.78, 5) is 15.0. The van der Waals surface area contributed by atoms with Crippen molar-refractivity contribution in [3.63, 3.8) is 0 Å². The van der Waals surface area contributed by atoms with Gasteiger partial charge in [0.15, 0.2) is 0 Å². The van der Waals surface area contributed by atoms with Gasteiger partial charge in [-0.3, -0.25) is 9.69 Å². The number of rotatable bonds is 4. The lowest BCUT2D eigenvalue weighted by molar-refractivity contribution is -0.126. The SMILES string of the molecule is COc1cc2c(cc1CNC(=O)[C@@H]1Cc3ccccc3CN1C)CCC2. The number of nitrogens with zero attached hydrogens (tertiary/aromatic N) is 1. The largest absolute Gasteiger partial charge is 0.496 e. The number of carbonyl (C=O) groups excluding carboxylic acids is 1. The lowest BCUT2D eigenvalue weighted by Gasteiger charge is -2.33. The van der Waals surface area contributed by atoms with Gasteiger partial charge in [-0.2, -0.15) is 0 Å². The van der Waals surface area contributed by atoms with Crippen LogP contribution in [0.2, 0.25) is 0 Å². The van der Waals surface area contributed by atoms with Gasteiger partial charge in [-0.05, 0) is 61.1 Å². The van der Waals surface area contributed by atoms with Crippen molar-refractivity contribution >= 4 is 5.91 Å². The molecule has 0 fully saturated rings. The number of likely N-dealkylation sites (N-methyl/N-ethyl adjacent to an activating group) is 1. The summed E-state index contributed by atoms with van der Waals surface area (Å²) in [6.07, 6.45) is 4.23. The van der Waals surface area contributed by atoms with E-state index in [9.17, 15) is 4.79 Å². The second kappa shape index (κ2) is 7.12. The zero-order chi connectivity index (χ0) is 18.1. The molecule has 4 heteroatoms. The number of ether oxygens (including phenoxy) is 1. The van der Waals surface area contributed by atoms with E-state index in [1.807, 2.05) is 7.05 Å². The molecule has 4 nitrogen and oxygen atoms in total. The fourth-order valence-corrected chi connectivity index (χ4v) is 4.23. The smallest absolute Gasteiger partial charge is 0.237 e. The highest BCUT2D eigenvalue weighted by atomic mass is 16.5. The Morgan fingerprint density at radius 3 is 2.65 bits per heavy atom. The van der Waals surface area contributed by atoms with E-state index in [1.54, 1.807) is 7.11 Å². The van der Waals surface area contributed by atoms with E-state index >= 15 is 0 Å². The molecular formula is C22H26N2O2. The zero-order valence-corrected chi connectivity index (χ0v) is 15.5. The van der Waals surface area contributed by atoms with E-state index in [1.165, 1.54) is 28.7 Å².